The van der Waals surface area contributed by atoms with E-state index in [0.29, 0.717) is 15.7 Å². The maximum Gasteiger partial charge on any atom is 0.292 e. The predicted molar refractivity (Wildman–Crippen MR) is 231 cm³/mol. The van der Waals surface area contributed by atoms with E-state index >= 15 is 0 Å². The Morgan fingerprint density at radius 1 is 0.582 bits per heavy atom. The highest BCUT2D eigenvalue weighted by Crippen LogP contribution is 2.53. The minimum Gasteiger partial charge on any atom is -0.393 e. The molecular weight excluding hydrogens is 799 g/mol. The minimum atomic E-state index is -0.550. The summed E-state index contributed by atoms with van der Waals surface area (Å²) in [4.78, 5) is 20.6. The highest BCUT2D eigenvalue weighted by Gasteiger charge is 2.37. The van der Waals surface area contributed by atoms with Crippen LogP contribution in [0.25, 0.3) is 22.3 Å². The zero-order chi connectivity index (χ0) is 40.2. The molecule has 6 aromatic carbocycles. The molecule has 3 N–H and O–H groups in total. The molecule has 0 heterocycles. The van der Waals surface area contributed by atoms with Crippen LogP contribution in [0.1, 0.15) is 63.8 Å². The molecule has 2 aliphatic rings. The van der Waals surface area contributed by atoms with Crippen molar-refractivity contribution in [2.45, 2.75) is 52.4 Å². The number of halogens is 3. The van der Waals surface area contributed by atoms with Crippen molar-refractivity contribution in [3.63, 3.8) is 0 Å². The lowest BCUT2D eigenvalue weighted by molar-refractivity contribution is -0.384. The van der Waals surface area contributed by atoms with E-state index in [-0.39, 0.29) is 27.9 Å². The fourth-order valence-corrected chi connectivity index (χ4v) is 8.11. The van der Waals surface area contributed by atoms with Crippen LogP contribution in [0.2, 0.25) is 10.0 Å². The lowest BCUT2D eigenvalue weighted by Gasteiger charge is -2.21. The number of nitrogens with one attached hydrogen (secondary N) is 1. The number of fused-ring (bicyclic) bond motifs is 6. The number of nitrogens with two attached hydrogens (primary N) is 1. The maximum atomic E-state index is 11.4. The molecule has 0 aliphatic heterocycles. The quantitative estimate of drug-likeness (QED) is 0.103. The van der Waals surface area contributed by atoms with Gasteiger partial charge in [0.15, 0.2) is 0 Å². The molecule has 0 unspecified atom stereocenters. The van der Waals surface area contributed by atoms with Crippen LogP contribution in [0.15, 0.2) is 126 Å². The Hall–Kier alpha value is -5.22. The van der Waals surface area contributed by atoms with Crippen molar-refractivity contribution in [2.75, 3.05) is 11.1 Å². The van der Waals surface area contributed by atoms with Crippen LogP contribution in [0.3, 0.4) is 0 Å². The number of nitrogen functional groups attached to an aromatic ring is 1. The normalized spacial score (nSPS) is 13.1. The van der Waals surface area contributed by atoms with E-state index in [9.17, 15) is 20.2 Å². The Balaban J connectivity index is 0.000000170. The summed E-state index contributed by atoms with van der Waals surface area (Å²) < 4.78 is 1.20. The summed E-state index contributed by atoms with van der Waals surface area (Å²) in [5.41, 5.74) is 16.8. The van der Waals surface area contributed by atoms with E-state index < -0.39 is 9.85 Å². The van der Waals surface area contributed by atoms with Gasteiger partial charge in [0.1, 0.15) is 11.4 Å². The van der Waals surface area contributed by atoms with Crippen molar-refractivity contribution in [1.82, 2.24) is 0 Å². The van der Waals surface area contributed by atoms with Crippen LogP contribution in [-0.4, -0.2) is 9.85 Å². The van der Waals surface area contributed by atoms with Gasteiger partial charge in [-0.05, 0) is 69.8 Å². The highest BCUT2D eigenvalue weighted by molar-refractivity contribution is 9.10. The van der Waals surface area contributed by atoms with Crippen LogP contribution in [-0.2, 0) is 10.8 Å². The highest BCUT2D eigenvalue weighted by atomic mass is 79.9. The van der Waals surface area contributed by atoms with Crippen LogP contribution in [0.5, 0.6) is 0 Å². The van der Waals surface area contributed by atoms with Gasteiger partial charge in [-0.15, -0.1) is 0 Å². The molecule has 0 amide bonds. The summed E-state index contributed by atoms with van der Waals surface area (Å²) >= 11 is 15.3. The first-order chi connectivity index (χ1) is 26.1. The number of hydrogen-bond donors (Lipinski definition) is 2. The number of rotatable bonds is 4. The van der Waals surface area contributed by atoms with Gasteiger partial charge in [0.2, 0.25) is 0 Å². The predicted octanol–water partition coefficient (Wildman–Crippen LogP) is 13.9. The molecule has 6 aromatic rings. The first-order valence-corrected chi connectivity index (χ1v) is 19.2. The maximum absolute atomic E-state index is 11.4. The van der Waals surface area contributed by atoms with Crippen LogP contribution in [0.4, 0.5) is 28.4 Å². The van der Waals surface area contributed by atoms with Crippen molar-refractivity contribution < 1.29 is 9.85 Å². The standard InChI is InChI=1S/C21H17ClN2O2.C15H13Br.C6H5ClN2O2.C2H6/c1-21(2)15-7-4-3-6-14(15)20-16(21)8-5-9-17(20)23-18-12-13(22)10-11-19(18)24(25)26;1-15(2)11-7-4-3-6-10(11)14-12(15)8-5-9-13(14)16;7-4-1-2-6(9(10)11)5(8)3-4;1-2/h3-12,23H,1-2H3;3-9H,1-2H3;1-3H,8H2;1-2H3. The largest absolute Gasteiger partial charge is 0.393 e. The molecule has 0 saturated heterocycles. The molecular formula is C44H41BrCl2N4O4. The lowest BCUT2D eigenvalue weighted by Crippen LogP contribution is -2.14. The van der Waals surface area contributed by atoms with Gasteiger partial charge < -0.3 is 11.1 Å². The smallest absolute Gasteiger partial charge is 0.292 e. The van der Waals surface area contributed by atoms with Gasteiger partial charge >= 0.3 is 0 Å². The van der Waals surface area contributed by atoms with E-state index in [1.165, 1.54) is 68.2 Å². The van der Waals surface area contributed by atoms with Crippen molar-refractivity contribution in [2.24, 2.45) is 0 Å². The second-order valence-electron chi connectivity index (χ2n) is 13.7. The first kappa shape index (κ1) is 41.0. The van der Waals surface area contributed by atoms with E-state index in [0.717, 1.165) is 16.8 Å². The summed E-state index contributed by atoms with van der Waals surface area (Å²) in [6.07, 6.45) is 0. The molecule has 8 nitrogen and oxygen atoms in total. The summed E-state index contributed by atoms with van der Waals surface area (Å²) in [6.45, 7) is 13.0. The second-order valence-corrected chi connectivity index (χ2v) is 15.5. The summed E-state index contributed by atoms with van der Waals surface area (Å²) in [7, 11) is 0. The monoisotopic (exact) mass is 838 g/mol. The Morgan fingerprint density at radius 3 is 1.58 bits per heavy atom. The molecule has 0 fully saturated rings. The minimum absolute atomic E-state index is 0.00227. The van der Waals surface area contributed by atoms with Gasteiger partial charge in [0.25, 0.3) is 11.4 Å². The number of nitrogens with zero attached hydrogens (tertiary/aromatic N) is 2. The van der Waals surface area contributed by atoms with Crippen LogP contribution < -0.4 is 11.1 Å². The lowest BCUT2D eigenvalue weighted by atomic mass is 9.82. The molecule has 0 spiro atoms. The average Bonchev–Trinajstić information content (AvgIpc) is 3.54. The van der Waals surface area contributed by atoms with E-state index in [1.54, 1.807) is 6.07 Å². The summed E-state index contributed by atoms with van der Waals surface area (Å²) in [5.74, 6) is 0. The number of nitro benzene ring substituents is 2. The molecule has 11 heteroatoms. The zero-order valence-electron chi connectivity index (χ0n) is 31.3. The van der Waals surface area contributed by atoms with Crippen molar-refractivity contribution >= 4 is 67.6 Å². The molecule has 0 saturated carbocycles. The number of anilines is 3. The topological polar surface area (TPSA) is 124 Å². The third-order valence-electron chi connectivity index (χ3n) is 9.78. The zero-order valence-corrected chi connectivity index (χ0v) is 34.4. The molecule has 0 aromatic heterocycles. The molecule has 0 bridgehead atoms. The van der Waals surface area contributed by atoms with Crippen molar-refractivity contribution in [3.8, 4) is 22.3 Å². The fourth-order valence-electron chi connectivity index (χ4n) is 7.17. The van der Waals surface area contributed by atoms with Gasteiger partial charge in [0.05, 0.1) is 9.85 Å². The van der Waals surface area contributed by atoms with E-state index in [4.69, 9.17) is 28.9 Å². The van der Waals surface area contributed by atoms with E-state index in [1.807, 2.05) is 38.1 Å². The summed E-state index contributed by atoms with van der Waals surface area (Å²) in [6, 6.07) is 38.1. The van der Waals surface area contributed by atoms with Crippen molar-refractivity contribution in [1.29, 1.82) is 0 Å². The van der Waals surface area contributed by atoms with Gasteiger partial charge in [-0.3, -0.25) is 20.2 Å². The van der Waals surface area contributed by atoms with Crippen LogP contribution in [0, 0.1) is 20.2 Å². The second kappa shape index (κ2) is 16.7. The van der Waals surface area contributed by atoms with E-state index in [2.05, 4.69) is 110 Å². The average molecular weight is 841 g/mol. The Labute approximate surface area is 339 Å². The number of hydrogen-bond acceptors (Lipinski definition) is 6. The Morgan fingerprint density at radius 2 is 1.04 bits per heavy atom. The SMILES string of the molecule is CC.CC1(C)c2ccccc2-c2c(Br)cccc21.CC1(C)c2ccccc2-c2c(Nc3cc(Cl)ccc3[N+](=O)[O-])cccc21.Nc1cc(Cl)ccc1[N+](=O)[O-]. The van der Waals surface area contributed by atoms with Gasteiger partial charge in [-0.25, -0.2) is 0 Å². The molecule has 282 valence electrons. The third kappa shape index (κ3) is 8.10. The van der Waals surface area contributed by atoms with Gasteiger partial charge in [-0.2, -0.15) is 0 Å². The first-order valence-electron chi connectivity index (χ1n) is 17.7. The Kier molecular flexibility index (Phi) is 12.4. The molecule has 0 atom stereocenters. The van der Waals surface area contributed by atoms with Crippen molar-refractivity contribution in [3.05, 3.63) is 178 Å². The molecule has 55 heavy (non-hydrogen) atoms. The summed E-state index contributed by atoms with van der Waals surface area (Å²) in [5, 5.41) is 25.7. The fraction of sp³-hybridized carbons (Fsp3) is 0.182. The van der Waals surface area contributed by atoms with Gasteiger partial charge in [0, 0.05) is 54.3 Å². The molecule has 2 aliphatic carbocycles. The number of nitro groups is 2. The van der Waals surface area contributed by atoms with Crippen LogP contribution >= 0.6 is 39.1 Å². The van der Waals surface area contributed by atoms with Gasteiger partial charge in [-0.1, -0.05) is 153 Å². The molecule has 8 rings (SSSR count). The molecule has 0 radical (unpaired) electrons. The number of benzene rings is 6. The Bertz CT molecular complexity index is 2420. The third-order valence-corrected chi connectivity index (χ3v) is 10.9.